The number of nitrogens with zero attached hydrogens (tertiary/aromatic N) is 2. The van der Waals surface area contributed by atoms with E-state index in [1.165, 1.54) is 122 Å². The van der Waals surface area contributed by atoms with Gasteiger partial charge in [0.05, 0.1) is 22.1 Å². The first kappa shape index (κ1) is 37.0. The summed E-state index contributed by atoms with van der Waals surface area (Å²) < 4.78 is 4.79. The van der Waals surface area contributed by atoms with Gasteiger partial charge in [-0.25, -0.2) is 0 Å². The van der Waals surface area contributed by atoms with E-state index in [1.807, 2.05) is 0 Å². The Morgan fingerprint density at radius 2 is 0.758 bits per heavy atom. The molecular weight excluding hydrogens is 797 g/mol. The van der Waals surface area contributed by atoms with Gasteiger partial charge >= 0.3 is 0 Å². The molecule has 0 N–H and O–H groups in total. The van der Waals surface area contributed by atoms with E-state index < -0.39 is 0 Å². The zero-order chi connectivity index (χ0) is 43.3. The normalized spacial score (nSPS) is 17.3. The summed E-state index contributed by atoms with van der Waals surface area (Å²) in [5.41, 5.74) is 22.8. The van der Waals surface area contributed by atoms with Crippen molar-refractivity contribution in [2.75, 3.05) is 0 Å². The molecule has 0 aliphatic heterocycles. The zero-order valence-corrected chi connectivity index (χ0v) is 36.1. The standard InChI is InChI=1S/C64H42N2/c1-3-11-49(12-4-1)65-59-17-9-7-15-53(59)55-35-31-47(39-61(55)65)41-19-23-43(24-20-41)51-33-27-45-30-38-58-52(34-28-46-29-37-57(51)63(45)64(46)58)44-25-21-42(22-26-44)48-32-36-56-54-16-8-10-18-60(54)66(62(56)40-48)50-13-5-2-6-14-50/h1-40,63-64H. The van der Waals surface area contributed by atoms with Gasteiger partial charge in [0.2, 0.25) is 0 Å². The molecule has 2 atom stereocenters. The number of benzene rings is 8. The van der Waals surface area contributed by atoms with Crippen LogP contribution in [0.3, 0.4) is 0 Å². The van der Waals surface area contributed by atoms with Crippen molar-refractivity contribution in [2.24, 2.45) is 11.8 Å². The maximum absolute atomic E-state index is 2.40. The summed E-state index contributed by atoms with van der Waals surface area (Å²) in [5, 5.41) is 5.09. The molecule has 0 saturated heterocycles. The fourth-order valence-electron chi connectivity index (χ4n) is 11.5. The molecule has 308 valence electrons. The van der Waals surface area contributed by atoms with Gasteiger partial charge in [0.25, 0.3) is 0 Å². The molecular formula is C64H42N2. The average molecular weight is 839 g/mol. The van der Waals surface area contributed by atoms with E-state index in [-0.39, 0.29) is 11.8 Å². The molecule has 2 nitrogen and oxygen atoms in total. The fraction of sp³-hybridized carbons (Fsp3) is 0.0312. The van der Waals surface area contributed by atoms with Gasteiger partial charge in [-0.3, -0.25) is 0 Å². The monoisotopic (exact) mass is 838 g/mol. The molecule has 8 aromatic carbocycles. The lowest BCUT2D eigenvalue weighted by Gasteiger charge is -2.42. The van der Waals surface area contributed by atoms with Gasteiger partial charge < -0.3 is 9.13 Å². The van der Waals surface area contributed by atoms with Crippen molar-refractivity contribution < 1.29 is 0 Å². The molecule has 2 unspecified atom stereocenters. The van der Waals surface area contributed by atoms with Crippen molar-refractivity contribution in [3.05, 3.63) is 276 Å². The fourth-order valence-corrected chi connectivity index (χ4v) is 11.5. The second kappa shape index (κ2) is 14.5. The van der Waals surface area contributed by atoms with Crippen LogP contribution in [0, 0.1) is 11.8 Å². The van der Waals surface area contributed by atoms with E-state index in [0.717, 1.165) is 0 Å². The second-order valence-corrected chi connectivity index (χ2v) is 18.0. The minimum Gasteiger partial charge on any atom is -0.309 e. The molecule has 2 heteroatoms. The topological polar surface area (TPSA) is 9.86 Å². The SMILES string of the molecule is C1=CC2=C(c3ccc(-c4ccc5c6ccccc6n(-c6ccccc6)c5c4)cc3)C=CC3=CC=C4C(c5ccc(-c6ccc7c8ccccc8n(-c8ccccc8)c7c6)cc5)=CC=C1C4C32. The number of aromatic nitrogens is 2. The van der Waals surface area contributed by atoms with Crippen LogP contribution in [0.25, 0.3) is 88.4 Å². The van der Waals surface area contributed by atoms with Gasteiger partial charge in [-0.05, 0) is 115 Å². The Bertz CT molecular complexity index is 3880. The van der Waals surface area contributed by atoms with Crippen LogP contribution in [0.1, 0.15) is 11.1 Å². The molecule has 0 amide bonds. The lowest BCUT2D eigenvalue weighted by molar-refractivity contribution is 0.569. The third kappa shape index (κ3) is 5.61. The van der Waals surface area contributed by atoms with Crippen LogP contribution in [-0.4, -0.2) is 9.13 Å². The van der Waals surface area contributed by atoms with E-state index in [2.05, 4.69) is 252 Å². The van der Waals surface area contributed by atoms with Gasteiger partial charge in [-0.15, -0.1) is 0 Å². The Morgan fingerprint density at radius 1 is 0.303 bits per heavy atom. The zero-order valence-electron chi connectivity index (χ0n) is 36.1. The van der Waals surface area contributed by atoms with Crippen LogP contribution in [0.4, 0.5) is 0 Å². The summed E-state index contributed by atoms with van der Waals surface area (Å²) in [7, 11) is 0. The van der Waals surface area contributed by atoms with Gasteiger partial charge in [-0.2, -0.15) is 0 Å². The lowest BCUT2D eigenvalue weighted by atomic mass is 9.61. The number of para-hydroxylation sites is 4. The van der Waals surface area contributed by atoms with Crippen LogP contribution >= 0.6 is 0 Å². The first-order valence-electron chi connectivity index (χ1n) is 23.1. The van der Waals surface area contributed by atoms with E-state index in [4.69, 9.17) is 0 Å². The highest BCUT2D eigenvalue weighted by atomic mass is 15.0. The number of hydrogen-bond acceptors (Lipinski definition) is 0. The van der Waals surface area contributed by atoms with Crippen molar-refractivity contribution in [3.63, 3.8) is 0 Å². The van der Waals surface area contributed by atoms with Crippen LogP contribution in [0.15, 0.2) is 265 Å². The molecule has 14 rings (SSSR count). The molecule has 2 aromatic heterocycles. The summed E-state index contributed by atoms with van der Waals surface area (Å²) in [6.07, 6.45) is 18.9. The summed E-state index contributed by atoms with van der Waals surface area (Å²) >= 11 is 0. The average Bonchev–Trinajstić information content (AvgIpc) is 3.90. The molecule has 0 saturated carbocycles. The highest BCUT2D eigenvalue weighted by Gasteiger charge is 2.40. The lowest BCUT2D eigenvalue weighted by Crippen LogP contribution is -2.30. The van der Waals surface area contributed by atoms with Crippen molar-refractivity contribution in [2.45, 2.75) is 0 Å². The van der Waals surface area contributed by atoms with Crippen LogP contribution in [0.5, 0.6) is 0 Å². The predicted octanol–water partition coefficient (Wildman–Crippen LogP) is 16.2. The van der Waals surface area contributed by atoms with Crippen molar-refractivity contribution in [1.82, 2.24) is 9.13 Å². The van der Waals surface area contributed by atoms with Crippen molar-refractivity contribution in [1.29, 1.82) is 0 Å². The Balaban J connectivity index is 0.774. The highest BCUT2D eigenvalue weighted by molar-refractivity contribution is 6.11. The van der Waals surface area contributed by atoms with Gasteiger partial charge in [0, 0.05) is 44.8 Å². The second-order valence-electron chi connectivity index (χ2n) is 18.0. The molecule has 0 radical (unpaired) electrons. The van der Waals surface area contributed by atoms with Crippen molar-refractivity contribution in [3.8, 4) is 33.6 Å². The molecule has 0 bridgehead atoms. The minimum atomic E-state index is 0.273. The minimum absolute atomic E-state index is 0.273. The van der Waals surface area contributed by atoms with E-state index in [9.17, 15) is 0 Å². The maximum Gasteiger partial charge on any atom is 0.0547 e. The summed E-state index contributed by atoms with van der Waals surface area (Å²) in [6.45, 7) is 0. The quantitative estimate of drug-likeness (QED) is 0.158. The molecule has 0 fully saturated rings. The van der Waals surface area contributed by atoms with Gasteiger partial charge in [0.15, 0.2) is 0 Å². The Labute approximate surface area is 383 Å². The van der Waals surface area contributed by atoms with Crippen molar-refractivity contribution >= 4 is 54.8 Å². The van der Waals surface area contributed by atoms with Crippen LogP contribution < -0.4 is 0 Å². The third-order valence-corrected chi connectivity index (χ3v) is 14.6. The van der Waals surface area contributed by atoms with E-state index in [1.54, 1.807) is 0 Å². The highest BCUT2D eigenvalue weighted by Crippen LogP contribution is 2.54. The number of rotatable bonds is 6. The molecule has 4 aliphatic carbocycles. The number of allylic oxidation sites excluding steroid dienone is 14. The first-order valence-corrected chi connectivity index (χ1v) is 23.1. The third-order valence-electron chi connectivity index (χ3n) is 14.6. The summed E-state index contributed by atoms with van der Waals surface area (Å²) in [6, 6.07) is 71.2. The summed E-state index contributed by atoms with van der Waals surface area (Å²) in [4.78, 5) is 0. The van der Waals surface area contributed by atoms with Crippen LogP contribution in [-0.2, 0) is 0 Å². The smallest absolute Gasteiger partial charge is 0.0547 e. The van der Waals surface area contributed by atoms with Gasteiger partial charge in [0.1, 0.15) is 0 Å². The molecule has 4 aliphatic rings. The number of fused-ring (bicyclic) bond motifs is 6. The predicted molar refractivity (Wildman–Crippen MR) is 277 cm³/mol. The maximum atomic E-state index is 2.40. The number of hydrogen-bond donors (Lipinski definition) is 0. The molecule has 2 heterocycles. The van der Waals surface area contributed by atoms with E-state index in [0.29, 0.717) is 0 Å². The Hall–Kier alpha value is -8.46. The first-order chi connectivity index (χ1) is 32.7. The van der Waals surface area contributed by atoms with Crippen LogP contribution in [0.2, 0.25) is 0 Å². The molecule has 10 aromatic rings. The van der Waals surface area contributed by atoms with E-state index >= 15 is 0 Å². The largest absolute Gasteiger partial charge is 0.309 e. The molecule has 66 heavy (non-hydrogen) atoms. The summed E-state index contributed by atoms with van der Waals surface area (Å²) in [5.74, 6) is 0.545. The molecule has 0 spiro atoms. The Kier molecular flexibility index (Phi) is 8.14. The Morgan fingerprint density at radius 3 is 1.35 bits per heavy atom. The van der Waals surface area contributed by atoms with Gasteiger partial charge in [-0.1, -0.05) is 194 Å².